The summed E-state index contributed by atoms with van der Waals surface area (Å²) in [6.45, 7) is 5.29. The van der Waals surface area contributed by atoms with Crippen molar-refractivity contribution in [1.29, 1.82) is 0 Å². The Bertz CT molecular complexity index is 928. The zero-order valence-corrected chi connectivity index (χ0v) is 16.3. The van der Waals surface area contributed by atoms with Gasteiger partial charge in [-0.15, -0.1) is 0 Å². The molecule has 0 bridgehead atoms. The Morgan fingerprint density at radius 1 is 0.759 bits per heavy atom. The molecule has 0 amide bonds. The van der Waals surface area contributed by atoms with Crippen molar-refractivity contribution in [3.05, 3.63) is 59.2 Å². The van der Waals surface area contributed by atoms with E-state index in [4.69, 9.17) is 9.47 Å². The van der Waals surface area contributed by atoms with E-state index < -0.39 is 6.17 Å². The van der Waals surface area contributed by atoms with Gasteiger partial charge in [0.2, 0.25) is 0 Å². The minimum absolute atomic E-state index is 0.00759. The maximum Gasteiger partial charge on any atom is 0.195 e. The fourth-order valence-corrected chi connectivity index (χ4v) is 4.62. The molecule has 2 aromatic rings. The highest BCUT2D eigenvalue weighted by molar-refractivity contribution is 6.26. The molecule has 5 rings (SSSR count). The van der Waals surface area contributed by atoms with E-state index in [-0.39, 0.29) is 11.6 Å². The van der Waals surface area contributed by atoms with Gasteiger partial charge in [0.15, 0.2) is 11.6 Å². The normalized spacial score (nSPS) is 20.0. The van der Waals surface area contributed by atoms with Crippen molar-refractivity contribution in [1.82, 2.24) is 9.80 Å². The lowest BCUT2D eigenvalue weighted by Crippen LogP contribution is -2.59. The molecule has 3 aliphatic rings. The Hall–Kier alpha value is -2.38. The molecule has 6 nitrogen and oxygen atoms in total. The zero-order chi connectivity index (χ0) is 19.8. The second kappa shape index (κ2) is 7.80. The van der Waals surface area contributed by atoms with E-state index >= 15 is 0 Å². The molecule has 0 aromatic heterocycles. The predicted molar refractivity (Wildman–Crippen MR) is 108 cm³/mol. The van der Waals surface area contributed by atoms with Gasteiger partial charge in [0.25, 0.3) is 0 Å². The molecule has 2 heterocycles. The van der Waals surface area contributed by atoms with E-state index in [0.717, 1.165) is 11.1 Å². The van der Waals surface area contributed by atoms with E-state index in [9.17, 15) is 9.59 Å². The lowest BCUT2D eigenvalue weighted by molar-refractivity contribution is -0.0537. The van der Waals surface area contributed by atoms with Gasteiger partial charge in [-0.3, -0.25) is 19.4 Å². The van der Waals surface area contributed by atoms with Crippen molar-refractivity contribution < 1.29 is 19.1 Å². The monoisotopic (exact) mass is 392 g/mol. The van der Waals surface area contributed by atoms with Crippen molar-refractivity contribution in [3.63, 3.8) is 0 Å². The Morgan fingerprint density at radius 2 is 1.31 bits per heavy atom. The summed E-state index contributed by atoms with van der Waals surface area (Å²) in [5.41, 5.74) is 3.52. The van der Waals surface area contributed by atoms with Crippen LogP contribution in [0.25, 0.3) is 11.1 Å². The summed E-state index contributed by atoms with van der Waals surface area (Å²) in [6.07, 6.45) is -0.397. The standard InChI is InChI=1S/C23H24N2O4/c26-21-18-5-2-1-4-16(18)17-6-3-7-19(20(17)21)22(27)23(24-8-12-28-13-9-24)25-10-14-29-15-11-25/h1-7,23H,8-15H2. The van der Waals surface area contributed by atoms with Gasteiger partial charge in [0.1, 0.15) is 6.17 Å². The van der Waals surface area contributed by atoms with Crippen LogP contribution >= 0.6 is 0 Å². The first-order valence-corrected chi connectivity index (χ1v) is 10.2. The van der Waals surface area contributed by atoms with Crippen LogP contribution in [0.15, 0.2) is 42.5 Å². The lowest BCUT2D eigenvalue weighted by atomic mass is 9.95. The minimum Gasteiger partial charge on any atom is -0.379 e. The average molecular weight is 392 g/mol. The molecule has 0 unspecified atom stereocenters. The molecule has 29 heavy (non-hydrogen) atoms. The van der Waals surface area contributed by atoms with Crippen LogP contribution in [0.5, 0.6) is 0 Å². The Balaban J connectivity index is 1.56. The van der Waals surface area contributed by atoms with Gasteiger partial charge in [-0.05, 0) is 11.1 Å². The highest BCUT2D eigenvalue weighted by Gasteiger charge is 2.38. The smallest absolute Gasteiger partial charge is 0.195 e. The number of ether oxygens (including phenoxy) is 2. The average Bonchev–Trinajstić information content (AvgIpc) is 3.08. The molecular formula is C23H24N2O4. The van der Waals surface area contributed by atoms with Crippen molar-refractivity contribution in [2.24, 2.45) is 0 Å². The minimum atomic E-state index is -0.397. The van der Waals surface area contributed by atoms with Crippen LogP contribution in [0.4, 0.5) is 0 Å². The van der Waals surface area contributed by atoms with Crippen molar-refractivity contribution >= 4 is 11.6 Å². The summed E-state index contributed by atoms with van der Waals surface area (Å²) in [6, 6.07) is 13.2. The summed E-state index contributed by atoms with van der Waals surface area (Å²) in [5, 5.41) is 0. The molecule has 2 fully saturated rings. The van der Waals surface area contributed by atoms with Gasteiger partial charge >= 0.3 is 0 Å². The number of hydrogen-bond acceptors (Lipinski definition) is 6. The van der Waals surface area contributed by atoms with E-state index in [0.29, 0.717) is 69.3 Å². The first kappa shape index (κ1) is 18.6. The maximum atomic E-state index is 13.9. The van der Waals surface area contributed by atoms with Crippen LogP contribution in [0.2, 0.25) is 0 Å². The van der Waals surface area contributed by atoms with Crippen LogP contribution in [-0.2, 0) is 9.47 Å². The zero-order valence-electron chi connectivity index (χ0n) is 16.3. The van der Waals surface area contributed by atoms with Crippen LogP contribution in [-0.4, -0.2) is 80.1 Å². The molecular weight excluding hydrogens is 368 g/mol. The number of hydrogen-bond donors (Lipinski definition) is 0. The van der Waals surface area contributed by atoms with Crippen LogP contribution in [0.1, 0.15) is 26.3 Å². The third-order valence-electron chi connectivity index (χ3n) is 6.04. The third-order valence-corrected chi connectivity index (χ3v) is 6.04. The van der Waals surface area contributed by atoms with E-state index in [2.05, 4.69) is 9.80 Å². The molecule has 1 aliphatic carbocycles. The number of fused-ring (bicyclic) bond motifs is 3. The molecule has 0 spiro atoms. The second-order valence-corrected chi connectivity index (χ2v) is 7.64. The number of morpholine rings is 2. The van der Waals surface area contributed by atoms with Crippen molar-refractivity contribution in [2.75, 3.05) is 52.6 Å². The number of ketones is 2. The number of carbonyl (C=O) groups excluding carboxylic acids is 2. The Labute approximate surface area is 170 Å². The summed E-state index contributed by atoms with van der Waals surface area (Å²) < 4.78 is 11.0. The molecule has 150 valence electrons. The fourth-order valence-electron chi connectivity index (χ4n) is 4.62. The number of nitrogens with zero attached hydrogens (tertiary/aromatic N) is 2. The van der Waals surface area contributed by atoms with Crippen molar-refractivity contribution in [3.8, 4) is 11.1 Å². The van der Waals surface area contributed by atoms with Crippen LogP contribution in [0.3, 0.4) is 0 Å². The molecule has 2 aliphatic heterocycles. The molecule has 2 saturated heterocycles. The second-order valence-electron chi connectivity index (χ2n) is 7.64. The van der Waals surface area contributed by atoms with Gasteiger partial charge in [-0.25, -0.2) is 0 Å². The number of rotatable bonds is 4. The third kappa shape index (κ3) is 3.22. The number of benzene rings is 2. The first-order chi connectivity index (χ1) is 14.3. The molecule has 0 saturated carbocycles. The van der Waals surface area contributed by atoms with Crippen LogP contribution in [0, 0.1) is 0 Å². The van der Waals surface area contributed by atoms with Gasteiger partial charge in [0.05, 0.1) is 26.4 Å². The summed E-state index contributed by atoms with van der Waals surface area (Å²) in [5.74, 6) is -0.0611. The van der Waals surface area contributed by atoms with Gasteiger partial charge in [-0.2, -0.15) is 0 Å². The Kier molecular flexibility index (Phi) is 5.01. The molecule has 6 heteroatoms. The SMILES string of the molecule is O=C1c2ccccc2-c2cccc(C(=O)C(N3CCOCC3)N3CCOCC3)c21. The topological polar surface area (TPSA) is 59.1 Å². The van der Waals surface area contributed by atoms with E-state index in [1.807, 2.05) is 36.4 Å². The van der Waals surface area contributed by atoms with E-state index in [1.165, 1.54) is 0 Å². The Morgan fingerprint density at radius 3 is 1.93 bits per heavy atom. The van der Waals surface area contributed by atoms with Crippen molar-refractivity contribution in [2.45, 2.75) is 6.17 Å². The highest BCUT2D eigenvalue weighted by atomic mass is 16.5. The fraction of sp³-hybridized carbons (Fsp3) is 0.391. The molecule has 0 radical (unpaired) electrons. The molecule has 2 aromatic carbocycles. The highest BCUT2D eigenvalue weighted by Crippen LogP contribution is 2.38. The first-order valence-electron chi connectivity index (χ1n) is 10.2. The number of carbonyl (C=O) groups is 2. The van der Waals surface area contributed by atoms with Crippen LogP contribution < -0.4 is 0 Å². The van der Waals surface area contributed by atoms with Gasteiger partial charge < -0.3 is 9.47 Å². The van der Waals surface area contributed by atoms with E-state index in [1.54, 1.807) is 6.07 Å². The predicted octanol–water partition coefficient (Wildman–Crippen LogP) is 2.07. The summed E-state index contributed by atoms with van der Waals surface area (Å²) in [4.78, 5) is 31.4. The number of Topliss-reactive ketones (excluding diaryl/α,β-unsaturated/α-hetero) is 1. The summed E-state index contributed by atoms with van der Waals surface area (Å²) >= 11 is 0. The maximum absolute atomic E-state index is 13.9. The van der Waals surface area contributed by atoms with Gasteiger partial charge in [-0.1, -0.05) is 42.5 Å². The quantitative estimate of drug-likeness (QED) is 0.634. The van der Waals surface area contributed by atoms with Gasteiger partial charge in [0, 0.05) is 42.9 Å². The summed E-state index contributed by atoms with van der Waals surface area (Å²) in [7, 11) is 0. The molecule has 0 N–H and O–H groups in total. The largest absolute Gasteiger partial charge is 0.379 e. The molecule has 0 atom stereocenters. The lowest BCUT2D eigenvalue weighted by Gasteiger charge is -2.41.